The second-order valence-corrected chi connectivity index (χ2v) is 4.77. The molecule has 0 unspecified atom stereocenters. The van der Waals surface area contributed by atoms with Gasteiger partial charge in [-0.2, -0.15) is 0 Å². The molecule has 4 N–H and O–H groups in total. The fourth-order valence-corrected chi connectivity index (χ4v) is 1.73. The number of rotatable bonds is 4. The third-order valence-electron chi connectivity index (χ3n) is 3.10. The highest BCUT2D eigenvalue weighted by Gasteiger charge is 2.37. The van der Waals surface area contributed by atoms with E-state index in [1.807, 2.05) is 0 Å². The van der Waals surface area contributed by atoms with E-state index in [0.29, 0.717) is 5.56 Å². The van der Waals surface area contributed by atoms with Crippen molar-refractivity contribution in [3.63, 3.8) is 0 Å². The van der Waals surface area contributed by atoms with E-state index in [9.17, 15) is 14.7 Å². The molecule has 1 aromatic rings. The quantitative estimate of drug-likeness (QED) is 0.730. The lowest BCUT2D eigenvalue weighted by Crippen LogP contribution is -2.37. The van der Waals surface area contributed by atoms with Crippen LogP contribution in [0.2, 0.25) is 0 Å². The number of carbonyl (C=O) groups is 2. The van der Waals surface area contributed by atoms with E-state index < -0.39 is 23.4 Å². The standard InChI is InChI=1S/C13H17NO5.ClH/c1-13(2,12(18)19-3)10(14)7-4-5-9(15)8(6-7)11(16)17;/h4-6,10,15H,14H2,1-3H3,(H,16,17);1H/t10-;/m1./s1. The number of carboxylic acid groups (broad SMARTS) is 1. The van der Waals surface area contributed by atoms with Crippen molar-refractivity contribution in [2.75, 3.05) is 7.11 Å². The van der Waals surface area contributed by atoms with Crippen LogP contribution in [0.3, 0.4) is 0 Å². The molecule has 0 bridgehead atoms. The lowest BCUT2D eigenvalue weighted by atomic mass is 9.80. The smallest absolute Gasteiger partial charge is 0.339 e. The first-order chi connectivity index (χ1) is 8.71. The summed E-state index contributed by atoms with van der Waals surface area (Å²) in [6, 6.07) is 3.23. The number of carbonyl (C=O) groups excluding carboxylic acids is 1. The summed E-state index contributed by atoms with van der Waals surface area (Å²) in [4.78, 5) is 22.6. The molecule has 0 spiro atoms. The van der Waals surface area contributed by atoms with Gasteiger partial charge in [0.2, 0.25) is 0 Å². The van der Waals surface area contributed by atoms with Crippen molar-refractivity contribution < 1.29 is 24.5 Å². The molecule has 112 valence electrons. The molecule has 1 aromatic carbocycles. The average Bonchev–Trinajstić information content (AvgIpc) is 2.36. The maximum absolute atomic E-state index is 11.7. The van der Waals surface area contributed by atoms with Crippen molar-refractivity contribution in [1.29, 1.82) is 0 Å². The average molecular weight is 304 g/mol. The molecule has 0 aliphatic heterocycles. The van der Waals surface area contributed by atoms with Gasteiger partial charge in [0.15, 0.2) is 0 Å². The lowest BCUT2D eigenvalue weighted by Gasteiger charge is -2.29. The Bertz CT molecular complexity index is 515. The number of nitrogens with two attached hydrogens (primary N) is 1. The Kier molecular flexibility index (Phi) is 5.99. The summed E-state index contributed by atoms with van der Waals surface area (Å²) < 4.78 is 4.67. The highest BCUT2D eigenvalue weighted by Crippen LogP contribution is 2.34. The summed E-state index contributed by atoms with van der Waals surface area (Å²) in [5.74, 6) is -2.10. The predicted molar refractivity (Wildman–Crippen MR) is 75.0 cm³/mol. The largest absolute Gasteiger partial charge is 0.507 e. The number of hydrogen-bond donors (Lipinski definition) is 3. The molecule has 0 radical (unpaired) electrons. The number of methoxy groups -OCH3 is 1. The van der Waals surface area contributed by atoms with Crippen molar-refractivity contribution in [2.45, 2.75) is 19.9 Å². The maximum atomic E-state index is 11.7. The summed E-state index contributed by atoms with van der Waals surface area (Å²) >= 11 is 0. The van der Waals surface area contributed by atoms with Crippen molar-refractivity contribution in [2.24, 2.45) is 11.1 Å². The fourth-order valence-electron chi connectivity index (χ4n) is 1.73. The number of esters is 1. The molecule has 1 atom stereocenters. The van der Waals surface area contributed by atoms with Gasteiger partial charge in [-0.15, -0.1) is 12.4 Å². The molecule has 1 rings (SSSR count). The molecular formula is C13H18ClNO5. The molecule has 0 aliphatic rings. The minimum Gasteiger partial charge on any atom is -0.507 e. The Morgan fingerprint density at radius 1 is 1.35 bits per heavy atom. The molecule has 6 nitrogen and oxygen atoms in total. The second kappa shape index (κ2) is 6.58. The number of ether oxygens (including phenoxy) is 1. The van der Waals surface area contributed by atoms with Crippen LogP contribution in [0.1, 0.15) is 35.8 Å². The van der Waals surface area contributed by atoms with Gasteiger partial charge in [0, 0.05) is 6.04 Å². The second-order valence-electron chi connectivity index (χ2n) is 4.77. The number of halogens is 1. The third-order valence-corrected chi connectivity index (χ3v) is 3.10. The van der Waals surface area contributed by atoms with Gasteiger partial charge in [0.1, 0.15) is 11.3 Å². The van der Waals surface area contributed by atoms with Crippen molar-refractivity contribution in [3.8, 4) is 5.75 Å². The van der Waals surface area contributed by atoms with Crippen LogP contribution in [0.25, 0.3) is 0 Å². The molecule has 0 aromatic heterocycles. The minimum atomic E-state index is -1.26. The summed E-state index contributed by atoms with van der Waals surface area (Å²) in [6.07, 6.45) is 0. The van der Waals surface area contributed by atoms with E-state index in [1.165, 1.54) is 25.3 Å². The fraction of sp³-hybridized carbons (Fsp3) is 0.385. The molecule has 0 amide bonds. The molecule has 7 heteroatoms. The zero-order valence-electron chi connectivity index (χ0n) is 11.4. The van der Waals surface area contributed by atoms with Crippen LogP contribution in [0, 0.1) is 5.41 Å². The molecular weight excluding hydrogens is 286 g/mol. The van der Waals surface area contributed by atoms with Gasteiger partial charge in [0.25, 0.3) is 0 Å². The highest BCUT2D eigenvalue weighted by molar-refractivity contribution is 5.91. The van der Waals surface area contributed by atoms with E-state index in [1.54, 1.807) is 13.8 Å². The maximum Gasteiger partial charge on any atom is 0.339 e. The summed E-state index contributed by atoms with van der Waals surface area (Å²) in [6.45, 7) is 3.22. The number of phenols is 1. The van der Waals surface area contributed by atoms with E-state index in [-0.39, 0.29) is 23.7 Å². The first-order valence-corrected chi connectivity index (χ1v) is 5.62. The van der Waals surface area contributed by atoms with Gasteiger partial charge < -0.3 is 20.7 Å². The molecule has 0 saturated heterocycles. The first-order valence-electron chi connectivity index (χ1n) is 5.62. The van der Waals surface area contributed by atoms with Crippen LogP contribution in [-0.2, 0) is 9.53 Å². The minimum absolute atomic E-state index is 0. The summed E-state index contributed by atoms with van der Waals surface area (Å²) in [7, 11) is 1.26. The van der Waals surface area contributed by atoms with Gasteiger partial charge in [-0.25, -0.2) is 4.79 Å². The number of carboxylic acids is 1. The predicted octanol–water partition coefficient (Wildman–Crippen LogP) is 1.71. The zero-order valence-corrected chi connectivity index (χ0v) is 12.2. The van der Waals surface area contributed by atoms with Crippen LogP contribution in [0.15, 0.2) is 18.2 Å². The van der Waals surface area contributed by atoms with Gasteiger partial charge in [0.05, 0.1) is 12.5 Å². The van der Waals surface area contributed by atoms with Crippen molar-refractivity contribution >= 4 is 24.3 Å². The van der Waals surface area contributed by atoms with Gasteiger partial charge >= 0.3 is 11.9 Å². The Morgan fingerprint density at radius 2 is 1.90 bits per heavy atom. The number of benzene rings is 1. The lowest BCUT2D eigenvalue weighted by molar-refractivity contribution is -0.152. The van der Waals surface area contributed by atoms with Gasteiger partial charge in [-0.1, -0.05) is 6.07 Å². The number of hydrogen-bond acceptors (Lipinski definition) is 5. The molecule has 0 saturated carbocycles. The van der Waals surface area contributed by atoms with E-state index in [2.05, 4.69) is 4.74 Å². The van der Waals surface area contributed by atoms with Crippen LogP contribution >= 0.6 is 12.4 Å². The molecule has 0 aliphatic carbocycles. The number of aromatic carboxylic acids is 1. The van der Waals surface area contributed by atoms with Crippen LogP contribution in [0.5, 0.6) is 5.75 Å². The molecule has 20 heavy (non-hydrogen) atoms. The topological polar surface area (TPSA) is 110 Å². The SMILES string of the molecule is COC(=O)C(C)(C)[C@H](N)c1ccc(O)c(C(=O)O)c1.Cl. The normalized spacial score (nSPS) is 12.2. The molecule has 0 heterocycles. The Labute approximate surface area is 123 Å². The van der Waals surface area contributed by atoms with Gasteiger partial charge in [-0.3, -0.25) is 4.79 Å². The Hall–Kier alpha value is -1.79. The monoisotopic (exact) mass is 303 g/mol. The van der Waals surface area contributed by atoms with E-state index in [0.717, 1.165) is 0 Å². The summed E-state index contributed by atoms with van der Waals surface area (Å²) in [5.41, 5.74) is 5.16. The van der Waals surface area contributed by atoms with E-state index in [4.69, 9.17) is 10.8 Å². The third kappa shape index (κ3) is 3.40. The first kappa shape index (κ1) is 18.2. The van der Waals surface area contributed by atoms with Crippen molar-refractivity contribution in [1.82, 2.24) is 0 Å². The molecule has 0 fully saturated rings. The zero-order chi connectivity index (χ0) is 14.8. The van der Waals surface area contributed by atoms with Crippen LogP contribution in [0.4, 0.5) is 0 Å². The Morgan fingerprint density at radius 3 is 2.35 bits per heavy atom. The van der Waals surface area contributed by atoms with Crippen LogP contribution < -0.4 is 5.73 Å². The van der Waals surface area contributed by atoms with Crippen LogP contribution in [-0.4, -0.2) is 29.3 Å². The summed E-state index contributed by atoms with van der Waals surface area (Å²) in [5, 5.41) is 18.4. The van der Waals surface area contributed by atoms with E-state index >= 15 is 0 Å². The highest BCUT2D eigenvalue weighted by atomic mass is 35.5. The van der Waals surface area contributed by atoms with Crippen molar-refractivity contribution in [3.05, 3.63) is 29.3 Å². The van der Waals surface area contributed by atoms with Gasteiger partial charge in [-0.05, 0) is 31.5 Å². The number of aromatic hydroxyl groups is 1. The Balaban J connectivity index is 0.00000361.